The highest BCUT2D eigenvalue weighted by Gasteiger charge is 2.39. The van der Waals surface area contributed by atoms with E-state index in [4.69, 9.17) is 9.47 Å². The zero-order valence-electron chi connectivity index (χ0n) is 15.3. The molecule has 28 heavy (non-hydrogen) atoms. The highest BCUT2D eigenvalue weighted by atomic mass is 16.6. The minimum atomic E-state index is -0.799. The van der Waals surface area contributed by atoms with Crippen LogP contribution in [0.3, 0.4) is 0 Å². The maximum Gasteiger partial charge on any atom is 0.411 e. The molecule has 1 heterocycles. The number of ether oxygens (including phenoxy) is 2. The van der Waals surface area contributed by atoms with Gasteiger partial charge in [0, 0.05) is 6.54 Å². The Hall–Kier alpha value is -3.53. The van der Waals surface area contributed by atoms with Crippen LogP contribution < -0.4 is 5.32 Å². The predicted molar refractivity (Wildman–Crippen MR) is 101 cm³/mol. The molecule has 1 N–H and O–H groups in total. The summed E-state index contributed by atoms with van der Waals surface area (Å²) in [7, 11) is 0. The quantitative estimate of drug-likeness (QED) is 0.861. The molecule has 2 atom stereocenters. The summed E-state index contributed by atoms with van der Waals surface area (Å²) in [5, 5.41) is 12.1. The zero-order valence-corrected chi connectivity index (χ0v) is 15.3. The average molecular weight is 379 g/mol. The number of rotatable bonds is 5. The molecule has 2 aromatic carbocycles. The van der Waals surface area contributed by atoms with E-state index in [0.29, 0.717) is 13.0 Å². The summed E-state index contributed by atoms with van der Waals surface area (Å²) in [6, 6.07) is 19.4. The lowest BCUT2D eigenvalue weighted by atomic mass is 10.1. The third-order valence-electron chi connectivity index (χ3n) is 4.49. The lowest BCUT2D eigenvalue weighted by Gasteiger charge is -2.22. The van der Waals surface area contributed by atoms with Crippen molar-refractivity contribution in [1.29, 1.82) is 5.26 Å². The Morgan fingerprint density at radius 2 is 1.57 bits per heavy atom. The largest absolute Gasteiger partial charge is 0.445 e. The molecule has 3 rings (SSSR count). The minimum absolute atomic E-state index is 0.130. The van der Waals surface area contributed by atoms with E-state index in [1.54, 1.807) is 0 Å². The number of nitrogens with one attached hydrogen (secondary N) is 1. The molecule has 1 saturated heterocycles. The van der Waals surface area contributed by atoms with E-state index in [0.717, 1.165) is 11.1 Å². The van der Waals surface area contributed by atoms with Gasteiger partial charge in [0.1, 0.15) is 19.3 Å². The van der Waals surface area contributed by atoms with Crippen LogP contribution in [0.5, 0.6) is 0 Å². The zero-order chi connectivity index (χ0) is 19.8. The molecule has 1 fully saturated rings. The van der Waals surface area contributed by atoms with Crippen molar-refractivity contribution < 1.29 is 19.1 Å². The SMILES string of the molecule is N#C[C@H]1[C@H](NC(=O)OCc2ccccc2)CCN1C(=O)OCc1ccccc1. The van der Waals surface area contributed by atoms with E-state index in [1.165, 1.54) is 4.90 Å². The first-order valence-corrected chi connectivity index (χ1v) is 9.01. The van der Waals surface area contributed by atoms with E-state index in [-0.39, 0.29) is 13.2 Å². The van der Waals surface area contributed by atoms with Crippen LogP contribution in [-0.2, 0) is 22.7 Å². The topological polar surface area (TPSA) is 91.7 Å². The van der Waals surface area contributed by atoms with Gasteiger partial charge in [0.25, 0.3) is 0 Å². The number of hydrogen-bond acceptors (Lipinski definition) is 5. The molecule has 144 valence electrons. The normalized spacial score (nSPS) is 18.2. The lowest BCUT2D eigenvalue weighted by molar-refractivity contribution is 0.0954. The fraction of sp³-hybridized carbons (Fsp3) is 0.286. The summed E-state index contributed by atoms with van der Waals surface area (Å²) in [6.45, 7) is 0.598. The van der Waals surface area contributed by atoms with Crippen LogP contribution in [0.25, 0.3) is 0 Å². The standard InChI is InChI=1S/C21H21N3O4/c22-13-19-18(23-20(25)27-14-16-7-3-1-4-8-16)11-12-24(19)21(26)28-15-17-9-5-2-6-10-17/h1-10,18-19H,11-12,14-15H2,(H,23,25)/t18-,19+/m1/s1. The molecular formula is C21H21N3O4. The Labute approximate surface area is 163 Å². The minimum Gasteiger partial charge on any atom is -0.445 e. The first kappa shape index (κ1) is 19.2. The van der Waals surface area contributed by atoms with E-state index in [1.807, 2.05) is 60.7 Å². The summed E-state index contributed by atoms with van der Waals surface area (Å²) in [6.07, 6.45) is -0.731. The van der Waals surface area contributed by atoms with Gasteiger partial charge in [-0.3, -0.25) is 4.90 Å². The Bertz CT molecular complexity index is 836. The van der Waals surface area contributed by atoms with Gasteiger partial charge in [-0.05, 0) is 17.5 Å². The number of amides is 2. The second-order valence-corrected chi connectivity index (χ2v) is 6.41. The van der Waals surface area contributed by atoms with Crippen molar-refractivity contribution in [3.63, 3.8) is 0 Å². The van der Waals surface area contributed by atoms with Gasteiger partial charge in [-0.2, -0.15) is 5.26 Å². The summed E-state index contributed by atoms with van der Waals surface area (Å²) in [4.78, 5) is 25.7. The van der Waals surface area contributed by atoms with Gasteiger partial charge in [-0.1, -0.05) is 60.7 Å². The van der Waals surface area contributed by atoms with Crippen molar-refractivity contribution >= 4 is 12.2 Å². The fourth-order valence-corrected chi connectivity index (χ4v) is 3.03. The summed E-state index contributed by atoms with van der Waals surface area (Å²) in [5.74, 6) is 0. The number of carbonyl (C=O) groups excluding carboxylic acids is 2. The molecule has 0 aromatic heterocycles. The molecule has 1 aliphatic rings. The second kappa shape index (κ2) is 9.42. The van der Waals surface area contributed by atoms with Crippen molar-refractivity contribution in [3.8, 4) is 6.07 Å². The van der Waals surface area contributed by atoms with Crippen molar-refractivity contribution in [2.24, 2.45) is 0 Å². The Kier molecular flexibility index (Phi) is 6.47. The van der Waals surface area contributed by atoms with E-state index >= 15 is 0 Å². The summed E-state index contributed by atoms with van der Waals surface area (Å²) in [5.41, 5.74) is 1.73. The highest BCUT2D eigenvalue weighted by molar-refractivity contribution is 5.71. The smallest absolute Gasteiger partial charge is 0.411 e. The first-order chi connectivity index (χ1) is 13.7. The first-order valence-electron chi connectivity index (χ1n) is 9.01. The van der Waals surface area contributed by atoms with E-state index in [9.17, 15) is 14.9 Å². The maximum absolute atomic E-state index is 12.3. The van der Waals surface area contributed by atoms with Crippen LogP contribution in [0.15, 0.2) is 60.7 Å². The maximum atomic E-state index is 12.3. The molecule has 0 radical (unpaired) electrons. The van der Waals surface area contributed by atoms with Gasteiger partial charge in [0.15, 0.2) is 0 Å². The molecule has 2 aromatic rings. The van der Waals surface area contributed by atoms with Crippen molar-refractivity contribution in [3.05, 3.63) is 71.8 Å². The van der Waals surface area contributed by atoms with Gasteiger partial charge in [0.2, 0.25) is 0 Å². The second-order valence-electron chi connectivity index (χ2n) is 6.41. The van der Waals surface area contributed by atoms with E-state index < -0.39 is 24.3 Å². The highest BCUT2D eigenvalue weighted by Crippen LogP contribution is 2.19. The van der Waals surface area contributed by atoms with E-state index in [2.05, 4.69) is 11.4 Å². The Morgan fingerprint density at radius 3 is 2.14 bits per heavy atom. The lowest BCUT2D eigenvalue weighted by Crippen LogP contribution is -2.46. The molecule has 0 saturated carbocycles. The number of carbonyl (C=O) groups is 2. The van der Waals surface area contributed by atoms with Crippen LogP contribution in [0, 0.1) is 11.3 Å². The van der Waals surface area contributed by atoms with Gasteiger partial charge in [-0.15, -0.1) is 0 Å². The molecule has 0 aliphatic carbocycles. The Morgan fingerprint density at radius 1 is 1.00 bits per heavy atom. The summed E-state index contributed by atoms with van der Waals surface area (Å²) < 4.78 is 10.5. The number of likely N-dealkylation sites (tertiary alicyclic amines) is 1. The summed E-state index contributed by atoms with van der Waals surface area (Å²) >= 11 is 0. The Balaban J connectivity index is 1.49. The molecule has 7 nitrogen and oxygen atoms in total. The third kappa shape index (κ3) is 5.01. The van der Waals surface area contributed by atoms with Gasteiger partial charge in [-0.25, -0.2) is 9.59 Å². The molecule has 2 amide bonds. The van der Waals surface area contributed by atoms with Crippen molar-refractivity contribution in [2.45, 2.75) is 31.7 Å². The van der Waals surface area contributed by atoms with Gasteiger partial charge >= 0.3 is 12.2 Å². The number of nitriles is 1. The fourth-order valence-electron chi connectivity index (χ4n) is 3.03. The molecular weight excluding hydrogens is 358 g/mol. The number of hydrogen-bond donors (Lipinski definition) is 1. The van der Waals surface area contributed by atoms with Crippen molar-refractivity contribution in [1.82, 2.24) is 10.2 Å². The van der Waals surface area contributed by atoms with Crippen LogP contribution >= 0.6 is 0 Å². The number of alkyl carbamates (subject to hydrolysis) is 1. The monoisotopic (exact) mass is 379 g/mol. The average Bonchev–Trinajstić information content (AvgIpc) is 3.14. The number of nitrogens with zero attached hydrogens (tertiary/aromatic N) is 2. The van der Waals surface area contributed by atoms with Gasteiger partial charge in [0.05, 0.1) is 12.1 Å². The molecule has 1 aliphatic heterocycles. The van der Waals surface area contributed by atoms with Gasteiger partial charge < -0.3 is 14.8 Å². The number of benzene rings is 2. The third-order valence-corrected chi connectivity index (χ3v) is 4.49. The predicted octanol–water partition coefficient (Wildman–Crippen LogP) is 3.22. The van der Waals surface area contributed by atoms with Crippen LogP contribution in [0.4, 0.5) is 9.59 Å². The van der Waals surface area contributed by atoms with Crippen LogP contribution in [0.2, 0.25) is 0 Å². The van der Waals surface area contributed by atoms with Crippen LogP contribution in [0.1, 0.15) is 17.5 Å². The molecule has 0 bridgehead atoms. The van der Waals surface area contributed by atoms with Crippen LogP contribution in [-0.4, -0.2) is 35.7 Å². The molecule has 0 unspecified atom stereocenters. The van der Waals surface area contributed by atoms with Crippen molar-refractivity contribution in [2.75, 3.05) is 6.54 Å². The molecule has 0 spiro atoms. The molecule has 7 heteroatoms.